The largest absolute Gasteiger partial charge is 0.493 e. The summed E-state index contributed by atoms with van der Waals surface area (Å²) in [6.07, 6.45) is 9.14. The van der Waals surface area contributed by atoms with E-state index in [9.17, 15) is 9.90 Å². The predicted octanol–water partition coefficient (Wildman–Crippen LogP) is 8.11. The van der Waals surface area contributed by atoms with Crippen molar-refractivity contribution in [3.8, 4) is 17.2 Å². The van der Waals surface area contributed by atoms with Gasteiger partial charge in [-0.3, -0.25) is 4.79 Å². The molecule has 9 atom stereocenters. The number of ether oxygens (including phenoxy) is 3. The van der Waals surface area contributed by atoms with Crippen LogP contribution in [0.5, 0.6) is 17.2 Å². The Morgan fingerprint density at radius 3 is 2.21 bits per heavy atom. The third-order valence-electron chi connectivity index (χ3n) is 15.7. The molecule has 262 valence electrons. The van der Waals surface area contributed by atoms with Gasteiger partial charge in [0.2, 0.25) is 5.75 Å². The van der Waals surface area contributed by atoms with Gasteiger partial charge in [0.05, 0.1) is 44.7 Å². The number of benzene rings is 1. The number of nitrogens with zero attached hydrogens (tertiary/aromatic N) is 3. The second kappa shape index (κ2) is 11.0. The minimum atomic E-state index is -0.587. The number of aromatic nitrogens is 3. The smallest absolute Gasteiger partial charge is 0.309 e. The van der Waals surface area contributed by atoms with Gasteiger partial charge in [0.1, 0.15) is 0 Å². The summed E-state index contributed by atoms with van der Waals surface area (Å²) >= 11 is 0. The monoisotopic (exact) mass is 659 g/mol. The molecule has 0 aliphatic heterocycles. The van der Waals surface area contributed by atoms with Crippen molar-refractivity contribution >= 4 is 5.97 Å². The zero-order valence-corrected chi connectivity index (χ0v) is 30.7. The highest BCUT2D eigenvalue weighted by molar-refractivity contribution is 5.76. The second-order valence-electron chi connectivity index (χ2n) is 17.6. The van der Waals surface area contributed by atoms with E-state index in [0.29, 0.717) is 47.5 Å². The van der Waals surface area contributed by atoms with Gasteiger partial charge in [-0.05, 0) is 128 Å². The molecule has 1 aromatic carbocycles. The summed E-state index contributed by atoms with van der Waals surface area (Å²) in [5.41, 5.74) is 4.20. The summed E-state index contributed by atoms with van der Waals surface area (Å²) in [5.74, 6) is 3.26. The summed E-state index contributed by atoms with van der Waals surface area (Å²) < 4.78 is 19.0. The zero-order chi connectivity index (χ0) is 34.6. The van der Waals surface area contributed by atoms with Crippen LogP contribution in [0.15, 0.2) is 24.3 Å². The van der Waals surface area contributed by atoms with Crippen LogP contribution in [0.2, 0.25) is 0 Å². The first-order chi connectivity index (χ1) is 22.6. The first-order valence-electron chi connectivity index (χ1n) is 18.2. The number of allylic oxidation sites excluding steroid dienone is 1. The number of rotatable bonds is 7. The zero-order valence-electron chi connectivity index (χ0n) is 30.7. The number of methoxy groups -OCH3 is 3. The van der Waals surface area contributed by atoms with E-state index in [2.05, 4.69) is 52.8 Å². The molecule has 0 unspecified atom stereocenters. The van der Waals surface area contributed by atoms with E-state index in [-0.39, 0.29) is 27.6 Å². The van der Waals surface area contributed by atoms with Crippen molar-refractivity contribution in [3.05, 3.63) is 41.2 Å². The molecule has 7 rings (SSSR count). The van der Waals surface area contributed by atoms with E-state index in [1.165, 1.54) is 17.7 Å². The Hall–Kier alpha value is -3.03. The molecule has 1 heterocycles. The van der Waals surface area contributed by atoms with Gasteiger partial charge in [-0.1, -0.05) is 52.0 Å². The van der Waals surface area contributed by atoms with Gasteiger partial charge < -0.3 is 19.3 Å². The molecule has 0 spiro atoms. The lowest BCUT2D eigenvalue weighted by Crippen LogP contribution is -2.67. The molecule has 5 aliphatic carbocycles. The molecule has 2 aromatic rings. The molecule has 8 nitrogen and oxygen atoms in total. The van der Waals surface area contributed by atoms with Gasteiger partial charge in [0, 0.05) is 5.41 Å². The van der Waals surface area contributed by atoms with Crippen LogP contribution in [0, 0.1) is 51.2 Å². The first-order valence-corrected chi connectivity index (χ1v) is 18.2. The van der Waals surface area contributed by atoms with Crippen molar-refractivity contribution in [1.82, 2.24) is 15.0 Å². The van der Waals surface area contributed by atoms with E-state index in [4.69, 9.17) is 24.5 Å². The van der Waals surface area contributed by atoms with Gasteiger partial charge in [-0.25, -0.2) is 4.68 Å². The summed E-state index contributed by atoms with van der Waals surface area (Å²) in [4.78, 5) is 13.0. The standard InChI is InChI=1S/C40H57N3O5/c1-23(2)25-13-16-40(35(44)45)18-17-38(6)26(32(25)40)11-12-31-37(5)21-27-34(36(3,4)30(37)14-15-39(31,38)7)43(42-41-27)22-24-19-28(46-8)33(48-10)29(20-24)47-9/h19-20,25-26,30-32H,1,11-18,21-22H2,2-10H3,(H,44,45)/t25-,26+,30-,31+,32+,37-,38+,39+,40-/m0/s1. The highest BCUT2D eigenvalue weighted by Crippen LogP contribution is 2.77. The third kappa shape index (κ3) is 4.22. The van der Waals surface area contributed by atoms with Crippen molar-refractivity contribution in [2.75, 3.05) is 21.3 Å². The third-order valence-corrected chi connectivity index (χ3v) is 15.7. The molecule has 48 heavy (non-hydrogen) atoms. The van der Waals surface area contributed by atoms with Gasteiger partial charge in [0.15, 0.2) is 11.5 Å². The number of hydrogen-bond acceptors (Lipinski definition) is 6. The minimum absolute atomic E-state index is 0.0790. The van der Waals surface area contributed by atoms with E-state index < -0.39 is 11.4 Å². The van der Waals surface area contributed by atoms with Gasteiger partial charge in [0.25, 0.3) is 0 Å². The van der Waals surface area contributed by atoms with Crippen molar-refractivity contribution in [1.29, 1.82) is 0 Å². The molecule has 1 N–H and O–H groups in total. The molecule has 0 bridgehead atoms. The molecule has 8 heteroatoms. The van der Waals surface area contributed by atoms with Crippen molar-refractivity contribution < 1.29 is 24.1 Å². The fraction of sp³-hybridized carbons (Fsp3) is 0.725. The number of carboxylic acids is 1. The molecule has 4 fully saturated rings. The molecule has 4 saturated carbocycles. The molecular weight excluding hydrogens is 602 g/mol. The summed E-state index contributed by atoms with van der Waals surface area (Å²) in [6, 6.07) is 4.01. The molecule has 1 aromatic heterocycles. The molecule has 5 aliphatic rings. The van der Waals surface area contributed by atoms with Gasteiger partial charge in [-0.15, -0.1) is 5.10 Å². The maximum Gasteiger partial charge on any atom is 0.309 e. The van der Waals surface area contributed by atoms with Crippen LogP contribution >= 0.6 is 0 Å². The number of carbonyl (C=O) groups is 1. The lowest BCUT2D eigenvalue weighted by atomic mass is 9.32. The van der Waals surface area contributed by atoms with Crippen molar-refractivity contribution in [2.24, 2.45) is 51.2 Å². The fourth-order valence-corrected chi connectivity index (χ4v) is 13.5. The Morgan fingerprint density at radius 1 is 0.917 bits per heavy atom. The van der Waals surface area contributed by atoms with E-state index in [0.717, 1.165) is 62.6 Å². The maximum atomic E-state index is 13.0. The van der Waals surface area contributed by atoms with Crippen LogP contribution < -0.4 is 14.2 Å². The number of hydrogen-bond donors (Lipinski definition) is 1. The normalized spacial score (nSPS) is 39.2. The topological polar surface area (TPSA) is 95.7 Å². The van der Waals surface area contributed by atoms with E-state index in [1.807, 2.05) is 12.1 Å². The minimum Gasteiger partial charge on any atom is -0.493 e. The van der Waals surface area contributed by atoms with E-state index >= 15 is 0 Å². The van der Waals surface area contributed by atoms with Gasteiger partial charge >= 0.3 is 5.97 Å². The Bertz CT molecular complexity index is 1620. The average Bonchev–Trinajstić information content (AvgIpc) is 3.63. The van der Waals surface area contributed by atoms with Crippen LogP contribution in [0.1, 0.15) is 110 Å². The second-order valence-corrected chi connectivity index (χ2v) is 17.6. The Balaban J connectivity index is 1.24. The highest BCUT2D eigenvalue weighted by Gasteiger charge is 2.72. The van der Waals surface area contributed by atoms with Gasteiger partial charge in [-0.2, -0.15) is 0 Å². The highest BCUT2D eigenvalue weighted by atomic mass is 16.5. The molecule has 0 saturated heterocycles. The quantitative estimate of drug-likeness (QED) is 0.300. The summed E-state index contributed by atoms with van der Waals surface area (Å²) in [7, 11) is 4.92. The lowest BCUT2D eigenvalue weighted by molar-refractivity contribution is -0.228. The van der Waals surface area contributed by atoms with Crippen LogP contribution in [0.3, 0.4) is 0 Å². The van der Waals surface area contributed by atoms with Crippen molar-refractivity contribution in [2.45, 2.75) is 111 Å². The van der Waals surface area contributed by atoms with Crippen LogP contribution in [-0.4, -0.2) is 47.4 Å². The Morgan fingerprint density at radius 2 is 1.60 bits per heavy atom. The van der Waals surface area contributed by atoms with Crippen LogP contribution in [0.4, 0.5) is 0 Å². The molecular formula is C40H57N3O5. The number of carboxylic acid groups (broad SMARTS) is 1. The molecule has 0 amide bonds. The Kier molecular flexibility index (Phi) is 7.66. The Labute approximate surface area is 287 Å². The van der Waals surface area contributed by atoms with Crippen LogP contribution in [0.25, 0.3) is 0 Å². The summed E-state index contributed by atoms with van der Waals surface area (Å²) in [6.45, 7) is 19.7. The first kappa shape index (κ1) is 33.5. The SMILES string of the molecule is C=C(C)[C@@H]1CC[C@]2(C(=O)O)CC[C@]3(C)[C@H](CC[C@@H]4[C@@]5(C)Cc6nnn(Cc7cc(OC)c(OC)c(OC)c7)c6C(C)(C)[C@@H]5CC[C@]43C)[C@@H]12. The van der Waals surface area contributed by atoms with Crippen molar-refractivity contribution in [3.63, 3.8) is 0 Å². The average molecular weight is 660 g/mol. The number of fused-ring (bicyclic) bond motifs is 8. The maximum absolute atomic E-state index is 13.0. The molecule has 0 radical (unpaired) electrons. The van der Waals surface area contributed by atoms with E-state index in [1.54, 1.807) is 21.3 Å². The number of aliphatic carboxylic acids is 1. The predicted molar refractivity (Wildman–Crippen MR) is 186 cm³/mol. The lowest BCUT2D eigenvalue weighted by Gasteiger charge is -2.72. The summed E-state index contributed by atoms with van der Waals surface area (Å²) in [5, 5.41) is 20.4. The fourth-order valence-electron chi connectivity index (χ4n) is 13.5. The van der Waals surface area contributed by atoms with Crippen LogP contribution in [-0.2, 0) is 23.2 Å².